The molecule has 3 aromatic rings. The van der Waals surface area contributed by atoms with Crippen LogP contribution in [0.4, 0.5) is 0 Å². The Bertz CT molecular complexity index is 1220. The van der Waals surface area contributed by atoms with Gasteiger partial charge in [0.25, 0.3) is 5.56 Å². The van der Waals surface area contributed by atoms with E-state index in [9.17, 15) is 9.59 Å². The van der Waals surface area contributed by atoms with Gasteiger partial charge in [-0.2, -0.15) is 0 Å². The highest BCUT2D eigenvalue weighted by Crippen LogP contribution is 2.42. The highest BCUT2D eigenvalue weighted by Gasteiger charge is 2.38. The lowest BCUT2D eigenvalue weighted by Crippen LogP contribution is -2.46. The Morgan fingerprint density at radius 1 is 1.10 bits per heavy atom. The summed E-state index contributed by atoms with van der Waals surface area (Å²) in [5.74, 6) is 1.23. The minimum absolute atomic E-state index is 0.0827. The molecule has 0 saturated heterocycles. The molecule has 5 rings (SSSR count). The van der Waals surface area contributed by atoms with E-state index in [0.29, 0.717) is 29.9 Å². The van der Waals surface area contributed by atoms with E-state index >= 15 is 0 Å². The third-order valence-corrected chi connectivity index (χ3v) is 6.52. The number of amides is 1. The fourth-order valence-corrected chi connectivity index (χ4v) is 4.87. The minimum Gasteiger partial charge on any atom is -0.486 e. The summed E-state index contributed by atoms with van der Waals surface area (Å²) in [6, 6.07) is 11.2. The molecule has 0 radical (unpaired) electrons. The summed E-state index contributed by atoms with van der Waals surface area (Å²) < 4.78 is 13.5. The third-order valence-electron chi connectivity index (χ3n) is 6.03. The van der Waals surface area contributed by atoms with Crippen molar-refractivity contribution in [2.45, 2.75) is 37.8 Å². The Hall–Kier alpha value is -2.87. The second-order valence-corrected chi connectivity index (χ2v) is 8.95. The van der Waals surface area contributed by atoms with Gasteiger partial charge < -0.3 is 14.8 Å². The van der Waals surface area contributed by atoms with Gasteiger partial charge in [-0.05, 0) is 48.7 Å². The molecule has 1 aromatic heterocycles. The average Bonchev–Trinajstić information content (AvgIpc) is 3.25. The molecule has 2 heterocycles. The Kier molecular flexibility index (Phi) is 5.17. The van der Waals surface area contributed by atoms with E-state index in [2.05, 4.69) is 26.2 Å². The number of aromatic nitrogens is 2. The number of hydrogen-bond acceptors (Lipinski definition) is 5. The summed E-state index contributed by atoms with van der Waals surface area (Å²) in [6.07, 6.45) is 5.18. The van der Waals surface area contributed by atoms with E-state index < -0.39 is 5.54 Å². The third kappa shape index (κ3) is 3.80. The maximum Gasteiger partial charge on any atom is 0.261 e. The Morgan fingerprint density at radius 2 is 1.87 bits per heavy atom. The van der Waals surface area contributed by atoms with Crippen molar-refractivity contribution in [3.63, 3.8) is 0 Å². The number of fused-ring (bicyclic) bond motifs is 2. The van der Waals surface area contributed by atoms with Crippen molar-refractivity contribution in [3.05, 3.63) is 63.1 Å². The molecule has 31 heavy (non-hydrogen) atoms. The molecule has 1 saturated carbocycles. The predicted octanol–water partition coefficient (Wildman–Crippen LogP) is 3.52. The van der Waals surface area contributed by atoms with Gasteiger partial charge >= 0.3 is 0 Å². The molecular weight excluding hydrogens is 462 g/mol. The van der Waals surface area contributed by atoms with Gasteiger partial charge in [-0.3, -0.25) is 14.2 Å². The first-order valence-corrected chi connectivity index (χ1v) is 11.2. The van der Waals surface area contributed by atoms with E-state index in [-0.39, 0.29) is 18.0 Å². The van der Waals surface area contributed by atoms with E-state index in [1.54, 1.807) is 12.1 Å². The highest BCUT2D eigenvalue weighted by molar-refractivity contribution is 9.10. The lowest BCUT2D eigenvalue weighted by molar-refractivity contribution is -0.123. The van der Waals surface area contributed by atoms with Crippen molar-refractivity contribution >= 4 is 32.7 Å². The number of carbonyl (C=O) groups excluding carboxylic acids is 1. The maximum absolute atomic E-state index is 13.0. The zero-order chi connectivity index (χ0) is 21.4. The van der Waals surface area contributed by atoms with Crippen molar-refractivity contribution in [2.24, 2.45) is 0 Å². The van der Waals surface area contributed by atoms with Gasteiger partial charge in [0.05, 0.1) is 22.8 Å². The first kappa shape index (κ1) is 20.1. The maximum atomic E-state index is 13.0. The largest absolute Gasteiger partial charge is 0.486 e. The van der Waals surface area contributed by atoms with Crippen LogP contribution in [0, 0.1) is 0 Å². The molecule has 7 nitrogen and oxygen atoms in total. The SMILES string of the molecule is O=C(Cn1cnc2ccc(Br)cc2c1=O)NC1(c2ccc3c(c2)OCCO3)CCCC1. The van der Waals surface area contributed by atoms with Crippen LogP contribution in [-0.2, 0) is 16.9 Å². The molecule has 1 fully saturated rings. The molecule has 1 aliphatic heterocycles. The summed E-state index contributed by atoms with van der Waals surface area (Å²) in [7, 11) is 0. The number of nitrogens with zero attached hydrogens (tertiary/aromatic N) is 2. The fraction of sp³-hybridized carbons (Fsp3) is 0.348. The second-order valence-electron chi connectivity index (χ2n) is 8.03. The number of carbonyl (C=O) groups is 1. The van der Waals surface area contributed by atoms with E-state index in [4.69, 9.17) is 9.47 Å². The van der Waals surface area contributed by atoms with Crippen LogP contribution in [0.2, 0.25) is 0 Å². The van der Waals surface area contributed by atoms with Gasteiger partial charge in [-0.1, -0.05) is 34.8 Å². The molecule has 0 bridgehead atoms. The minimum atomic E-state index is -0.468. The van der Waals surface area contributed by atoms with Gasteiger partial charge in [0.1, 0.15) is 19.8 Å². The fourth-order valence-electron chi connectivity index (χ4n) is 4.51. The molecule has 0 unspecified atom stereocenters. The predicted molar refractivity (Wildman–Crippen MR) is 119 cm³/mol. The molecule has 0 spiro atoms. The topological polar surface area (TPSA) is 82.5 Å². The molecule has 1 amide bonds. The van der Waals surface area contributed by atoms with Crippen LogP contribution >= 0.6 is 15.9 Å². The van der Waals surface area contributed by atoms with Crippen molar-refractivity contribution in [3.8, 4) is 11.5 Å². The lowest BCUT2D eigenvalue weighted by Gasteiger charge is -2.32. The highest BCUT2D eigenvalue weighted by atomic mass is 79.9. The molecule has 0 atom stereocenters. The van der Waals surface area contributed by atoms with Gasteiger partial charge in [-0.15, -0.1) is 0 Å². The van der Waals surface area contributed by atoms with Crippen LogP contribution in [0.15, 0.2) is 52.0 Å². The zero-order valence-corrected chi connectivity index (χ0v) is 18.5. The number of hydrogen-bond donors (Lipinski definition) is 1. The molecular formula is C23H22BrN3O4. The summed E-state index contributed by atoms with van der Waals surface area (Å²) in [5, 5.41) is 3.70. The molecule has 2 aromatic carbocycles. The molecule has 160 valence electrons. The first-order chi connectivity index (χ1) is 15.0. The number of rotatable bonds is 4. The molecule has 8 heteroatoms. The molecule has 1 aliphatic carbocycles. The van der Waals surface area contributed by atoms with E-state index in [1.807, 2.05) is 24.3 Å². The van der Waals surface area contributed by atoms with Gasteiger partial charge in [-0.25, -0.2) is 4.98 Å². The van der Waals surface area contributed by atoms with E-state index in [0.717, 1.165) is 41.5 Å². The summed E-state index contributed by atoms with van der Waals surface area (Å²) in [4.78, 5) is 30.2. The Morgan fingerprint density at radius 3 is 2.68 bits per heavy atom. The Labute approximate surface area is 187 Å². The summed E-state index contributed by atoms with van der Waals surface area (Å²) in [6.45, 7) is 0.976. The van der Waals surface area contributed by atoms with Crippen LogP contribution in [0.3, 0.4) is 0 Å². The van der Waals surface area contributed by atoms with Gasteiger partial charge in [0.15, 0.2) is 11.5 Å². The van der Waals surface area contributed by atoms with E-state index in [1.165, 1.54) is 10.9 Å². The second kappa shape index (κ2) is 8.00. The lowest BCUT2D eigenvalue weighted by atomic mass is 9.87. The van der Waals surface area contributed by atoms with Gasteiger partial charge in [0.2, 0.25) is 5.91 Å². The Balaban J connectivity index is 1.41. The summed E-state index contributed by atoms with van der Waals surface area (Å²) in [5.41, 5.74) is 0.911. The smallest absolute Gasteiger partial charge is 0.261 e. The van der Waals surface area contributed by atoms with Crippen LogP contribution in [0.1, 0.15) is 31.2 Å². The van der Waals surface area contributed by atoms with Gasteiger partial charge in [0, 0.05) is 4.47 Å². The van der Waals surface area contributed by atoms with Crippen molar-refractivity contribution in [2.75, 3.05) is 13.2 Å². The standard InChI is InChI=1S/C23H22BrN3O4/c24-16-4-5-18-17(12-16)22(29)27(14-25-18)13-21(28)26-23(7-1-2-8-23)15-3-6-19-20(11-15)31-10-9-30-19/h3-6,11-12,14H,1-2,7-10,13H2,(H,26,28). The van der Waals surface area contributed by atoms with Crippen molar-refractivity contribution < 1.29 is 14.3 Å². The average molecular weight is 484 g/mol. The summed E-state index contributed by atoms with van der Waals surface area (Å²) >= 11 is 3.38. The molecule has 2 aliphatic rings. The van der Waals surface area contributed by atoms with Crippen LogP contribution in [0.5, 0.6) is 11.5 Å². The van der Waals surface area contributed by atoms with Crippen molar-refractivity contribution in [1.82, 2.24) is 14.9 Å². The number of ether oxygens (including phenoxy) is 2. The number of halogens is 1. The first-order valence-electron chi connectivity index (χ1n) is 10.4. The van der Waals surface area contributed by atoms with Crippen molar-refractivity contribution in [1.29, 1.82) is 0 Å². The zero-order valence-electron chi connectivity index (χ0n) is 16.9. The normalized spacial score (nSPS) is 16.9. The molecule has 1 N–H and O–H groups in total. The van der Waals surface area contributed by atoms with Crippen LogP contribution in [0.25, 0.3) is 10.9 Å². The van der Waals surface area contributed by atoms with Crippen LogP contribution < -0.4 is 20.3 Å². The monoisotopic (exact) mass is 483 g/mol. The quantitative estimate of drug-likeness (QED) is 0.613. The number of benzene rings is 2. The van der Waals surface area contributed by atoms with Crippen LogP contribution in [-0.4, -0.2) is 28.7 Å². The number of nitrogens with one attached hydrogen (secondary N) is 1.